The number of benzene rings is 1. The number of nitriles is 1. The van der Waals surface area contributed by atoms with Gasteiger partial charge in [-0.2, -0.15) is 5.26 Å². The number of aromatic nitrogens is 1. The van der Waals surface area contributed by atoms with Crippen LogP contribution in [0.5, 0.6) is 0 Å². The summed E-state index contributed by atoms with van der Waals surface area (Å²) < 4.78 is 13.8. The molecule has 2 aromatic rings. The first kappa shape index (κ1) is 17.9. The summed E-state index contributed by atoms with van der Waals surface area (Å²) >= 11 is 0. The molecule has 1 aromatic carbocycles. The lowest BCUT2D eigenvalue weighted by molar-refractivity contribution is 0.0746. The zero-order chi connectivity index (χ0) is 18.7. The van der Waals surface area contributed by atoms with Gasteiger partial charge in [-0.25, -0.2) is 4.39 Å². The van der Waals surface area contributed by atoms with E-state index in [2.05, 4.69) is 18.8 Å². The monoisotopic (exact) mass is 352 g/mol. The summed E-state index contributed by atoms with van der Waals surface area (Å²) in [6, 6.07) is 10.3. The van der Waals surface area contributed by atoms with Crippen molar-refractivity contribution in [3.05, 3.63) is 59.2 Å². The van der Waals surface area contributed by atoms with E-state index in [-0.39, 0.29) is 11.5 Å². The van der Waals surface area contributed by atoms with E-state index in [1.54, 1.807) is 23.2 Å². The second-order valence-corrected chi connectivity index (χ2v) is 6.65. The number of hydrogen-bond acceptors (Lipinski definition) is 4. The highest BCUT2D eigenvalue weighted by Gasteiger charge is 2.24. The van der Waals surface area contributed by atoms with Gasteiger partial charge in [-0.05, 0) is 30.2 Å². The van der Waals surface area contributed by atoms with Crippen LogP contribution in [0.3, 0.4) is 0 Å². The average molecular weight is 352 g/mol. The molecule has 0 N–H and O–H groups in total. The minimum Gasteiger partial charge on any atom is -0.367 e. The third kappa shape index (κ3) is 3.52. The number of carbonyl (C=O) groups is 1. The molecule has 134 valence electrons. The van der Waals surface area contributed by atoms with Crippen molar-refractivity contribution < 1.29 is 9.18 Å². The molecule has 0 atom stereocenters. The minimum atomic E-state index is -0.514. The SMILES string of the molecule is CC(C)c1ccc(C(=O)N2CCN(c3cccc(F)c3C#N)CC2)cn1. The summed E-state index contributed by atoms with van der Waals surface area (Å²) in [5.41, 5.74) is 2.18. The molecule has 0 aliphatic carbocycles. The average Bonchev–Trinajstić information content (AvgIpc) is 2.67. The highest BCUT2D eigenvalue weighted by Crippen LogP contribution is 2.24. The lowest BCUT2D eigenvalue weighted by Gasteiger charge is -2.36. The van der Waals surface area contributed by atoms with Gasteiger partial charge in [-0.3, -0.25) is 9.78 Å². The molecule has 1 saturated heterocycles. The second-order valence-electron chi connectivity index (χ2n) is 6.65. The first-order chi connectivity index (χ1) is 12.5. The smallest absolute Gasteiger partial charge is 0.255 e. The summed E-state index contributed by atoms with van der Waals surface area (Å²) in [6.07, 6.45) is 1.63. The van der Waals surface area contributed by atoms with Crippen LogP contribution in [0.25, 0.3) is 0 Å². The van der Waals surface area contributed by atoms with Crippen LogP contribution in [0.1, 0.15) is 41.4 Å². The summed E-state index contributed by atoms with van der Waals surface area (Å²) in [5, 5.41) is 9.19. The molecule has 1 aromatic heterocycles. The molecular weight excluding hydrogens is 331 g/mol. The Balaban J connectivity index is 1.68. The number of anilines is 1. The van der Waals surface area contributed by atoms with Gasteiger partial charge in [0, 0.05) is 38.1 Å². The fourth-order valence-electron chi connectivity index (χ4n) is 3.09. The predicted molar refractivity (Wildman–Crippen MR) is 97.6 cm³/mol. The summed E-state index contributed by atoms with van der Waals surface area (Å²) in [5.74, 6) is -0.240. The molecule has 1 fully saturated rings. The standard InChI is InChI=1S/C20H21FN4O/c1-14(2)18-7-6-15(13-23-18)20(26)25-10-8-24(9-11-25)19-5-3-4-17(21)16(19)12-22/h3-7,13-14H,8-11H2,1-2H3. The molecule has 26 heavy (non-hydrogen) atoms. The summed E-state index contributed by atoms with van der Waals surface area (Å²) in [6.45, 7) is 6.27. The third-order valence-corrected chi connectivity index (χ3v) is 4.64. The molecule has 1 amide bonds. The number of halogens is 1. The first-order valence-electron chi connectivity index (χ1n) is 8.70. The van der Waals surface area contributed by atoms with Crippen LogP contribution in [0.4, 0.5) is 10.1 Å². The Bertz CT molecular complexity index is 834. The van der Waals surface area contributed by atoms with E-state index in [1.165, 1.54) is 6.07 Å². The topological polar surface area (TPSA) is 60.2 Å². The Morgan fingerprint density at radius 3 is 2.50 bits per heavy atom. The Kier molecular flexibility index (Phi) is 5.17. The van der Waals surface area contributed by atoms with Crippen molar-refractivity contribution in [3.63, 3.8) is 0 Å². The molecule has 0 unspecified atom stereocenters. The summed E-state index contributed by atoms with van der Waals surface area (Å²) in [4.78, 5) is 20.7. The van der Waals surface area contributed by atoms with Crippen molar-refractivity contribution in [3.8, 4) is 6.07 Å². The zero-order valence-corrected chi connectivity index (χ0v) is 14.9. The molecule has 5 nitrogen and oxygen atoms in total. The van der Waals surface area contributed by atoms with Gasteiger partial charge in [0.25, 0.3) is 5.91 Å². The van der Waals surface area contributed by atoms with Crippen molar-refractivity contribution in [1.82, 2.24) is 9.88 Å². The van der Waals surface area contributed by atoms with Crippen LogP contribution < -0.4 is 4.90 Å². The molecule has 1 aliphatic heterocycles. The molecule has 6 heteroatoms. The van der Waals surface area contributed by atoms with Gasteiger partial charge in [0.2, 0.25) is 0 Å². The molecule has 3 rings (SSSR count). The van der Waals surface area contributed by atoms with Gasteiger partial charge >= 0.3 is 0 Å². The number of rotatable bonds is 3. The fourth-order valence-corrected chi connectivity index (χ4v) is 3.09. The van der Waals surface area contributed by atoms with Gasteiger partial charge in [0.15, 0.2) is 0 Å². The van der Waals surface area contributed by atoms with Gasteiger partial charge in [-0.15, -0.1) is 0 Å². The summed E-state index contributed by atoms with van der Waals surface area (Å²) in [7, 11) is 0. The number of hydrogen-bond donors (Lipinski definition) is 0. The van der Waals surface area contributed by atoms with Crippen LogP contribution in [0.2, 0.25) is 0 Å². The lowest BCUT2D eigenvalue weighted by atomic mass is 10.1. The molecule has 0 bridgehead atoms. The van der Waals surface area contributed by atoms with Crippen LogP contribution >= 0.6 is 0 Å². The van der Waals surface area contributed by atoms with Crippen LogP contribution in [0.15, 0.2) is 36.5 Å². The maximum Gasteiger partial charge on any atom is 0.255 e. The van der Waals surface area contributed by atoms with E-state index < -0.39 is 5.82 Å². The maximum atomic E-state index is 13.8. The van der Waals surface area contributed by atoms with Crippen molar-refractivity contribution in [2.24, 2.45) is 0 Å². The van der Waals surface area contributed by atoms with Gasteiger partial charge in [0.1, 0.15) is 17.4 Å². The van der Waals surface area contributed by atoms with Crippen molar-refractivity contribution in [2.75, 3.05) is 31.1 Å². The Hall–Kier alpha value is -2.94. The third-order valence-electron chi connectivity index (χ3n) is 4.64. The van der Waals surface area contributed by atoms with E-state index in [1.807, 2.05) is 23.1 Å². The lowest BCUT2D eigenvalue weighted by Crippen LogP contribution is -2.49. The molecule has 2 heterocycles. The highest BCUT2D eigenvalue weighted by molar-refractivity contribution is 5.94. The van der Waals surface area contributed by atoms with E-state index >= 15 is 0 Å². The number of pyridine rings is 1. The molecule has 0 saturated carbocycles. The quantitative estimate of drug-likeness (QED) is 0.851. The van der Waals surface area contributed by atoms with Crippen LogP contribution in [0, 0.1) is 17.1 Å². The number of amides is 1. The molecule has 1 aliphatic rings. The predicted octanol–water partition coefficient (Wildman–Crippen LogP) is 3.18. The van der Waals surface area contributed by atoms with E-state index in [9.17, 15) is 14.4 Å². The Morgan fingerprint density at radius 2 is 1.92 bits per heavy atom. The van der Waals surface area contributed by atoms with Crippen molar-refractivity contribution in [2.45, 2.75) is 19.8 Å². The normalized spacial score (nSPS) is 14.4. The Labute approximate surface area is 152 Å². The molecule has 0 spiro atoms. The minimum absolute atomic E-state index is 0.0489. The van der Waals surface area contributed by atoms with E-state index in [0.29, 0.717) is 43.3 Å². The van der Waals surface area contributed by atoms with Gasteiger partial charge < -0.3 is 9.80 Å². The van der Waals surface area contributed by atoms with Gasteiger partial charge in [-0.1, -0.05) is 19.9 Å². The number of piperazine rings is 1. The van der Waals surface area contributed by atoms with E-state index in [0.717, 1.165) is 5.69 Å². The van der Waals surface area contributed by atoms with E-state index in [4.69, 9.17) is 0 Å². The number of carbonyl (C=O) groups excluding carboxylic acids is 1. The second kappa shape index (κ2) is 7.52. The van der Waals surface area contributed by atoms with Crippen LogP contribution in [-0.2, 0) is 0 Å². The largest absolute Gasteiger partial charge is 0.367 e. The van der Waals surface area contributed by atoms with Gasteiger partial charge in [0.05, 0.1) is 11.3 Å². The van der Waals surface area contributed by atoms with Crippen LogP contribution in [-0.4, -0.2) is 42.0 Å². The fraction of sp³-hybridized carbons (Fsp3) is 0.350. The zero-order valence-electron chi connectivity index (χ0n) is 14.9. The van der Waals surface area contributed by atoms with Crippen molar-refractivity contribution >= 4 is 11.6 Å². The Morgan fingerprint density at radius 1 is 1.19 bits per heavy atom. The maximum absolute atomic E-state index is 13.8. The highest BCUT2D eigenvalue weighted by atomic mass is 19.1. The molecular formula is C20H21FN4O. The first-order valence-corrected chi connectivity index (χ1v) is 8.70. The number of nitrogens with zero attached hydrogens (tertiary/aromatic N) is 4. The van der Waals surface area contributed by atoms with Crippen molar-refractivity contribution in [1.29, 1.82) is 5.26 Å². The molecule has 0 radical (unpaired) electrons.